The lowest BCUT2D eigenvalue weighted by Crippen LogP contribution is -2.41. The molecule has 0 atom stereocenters. The van der Waals surface area contributed by atoms with Crippen molar-refractivity contribution in [2.75, 3.05) is 6.61 Å². The topological polar surface area (TPSA) is 106 Å². The van der Waals surface area contributed by atoms with E-state index in [4.69, 9.17) is 9.15 Å². The minimum Gasteiger partial charge on any atom is -0.467 e. The monoisotopic (exact) mass is 360 g/mol. The van der Waals surface area contributed by atoms with Gasteiger partial charge in [-0.3, -0.25) is 10.1 Å². The third kappa shape index (κ3) is 3.94. The fraction of sp³-hybridized carbons (Fsp3) is 0.250. The molecule has 0 aliphatic heterocycles. The number of ether oxygens (including phenoxy) is 1. The normalized spacial score (nSPS) is 10.6. The Morgan fingerprint density at radius 2 is 2.16 bits per heavy atom. The van der Waals surface area contributed by atoms with E-state index in [1.807, 2.05) is 13.8 Å². The number of imide groups is 1. The van der Waals surface area contributed by atoms with E-state index in [1.54, 1.807) is 12.1 Å². The summed E-state index contributed by atoms with van der Waals surface area (Å²) in [4.78, 5) is 33.7. The molecule has 8 nitrogen and oxygen atoms in total. The van der Waals surface area contributed by atoms with E-state index in [0.29, 0.717) is 11.6 Å². The summed E-state index contributed by atoms with van der Waals surface area (Å²) < 4.78 is 10.6. The van der Waals surface area contributed by atoms with Crippen LogP contribution in [0.3, 0.4) is 0 Å². The predicted octanol–water partition coefficient (Wildman–Crippen LogP) is 2.31. The number of furan rings is 1. The maximum atomic E-state index is 11.9. The molecule has 0 bridgehead atoms. The number of aryl methyl sites for hydroxylation is 2. The average Bonchev–Trinajstić information content (AvgIpc) is 3.20. The van der Waals surface area contributed by atoms with Crippen molar-refractivity contribution in [2.24, 2.45) is 0 Å². The van der Waals surface area contributed by atoms with Crippen molar-refractivity contribution in [1.29, 1.82) is 0 Å². The predicted molar refractivity (Wildman–Crippen MR) is 91.5 cm³/mol. The number of aromatic nitrogens is 2. The van der Waals surface area contributed by atoms with Gasteiger partial charge in [0.05, 0.1) is 18.2 Å². The van der Waals surface area contributed by atoms with Crippen LogP contribution in [-0.2, 0) is 11.3 Å². The largest absolute Gasteiger partial charge is 0.467 e. The lowest BCUT2D eigenvalue weighted by molar-refractivity contribution is -0.122. The first-order valence-corrected chi connectivity index (χ1v) is 8.30. The second-order valence-electron chi connectivity index (χ2n) is 5.24. The van der Waals surface area contributed by atoms with Gasteiger partial charge in [0.15, 0.2) is 6.61 Å². The number of hydrogen-bond acceptors (Lipinski definition) is 7. The third-order valence-electron chi connectivity index (χ3n) is 3.53. The zero-order chi connectivity index (χ0) is 17.8. The SMILES string of the molecule is Cc1sc2ncnc(OCC(=O)NC(=O)NCc3ccco3)c2c1C. The Balaban J connectivity index is 1.55. The lowest BCUT2D eigenvalue weighted by atomic mass is 10.2. The van der Waals surface area contributed by atoms with Gasteiger partial charge in [0, 0.05) is 4.88 Å². The number of amides is 3. The molecule has 0 aromatic carbocycles. The van der Waals surface area contributed by atoms with Crippen LogP contribution < -0.4 is 15.4 Å². The van der Waals surface area contributed by atoms with Gasteiger partial charge in [-0.2, -0.15) is 0 Å². The van der Waals surface area contributed by atoms with Gasteiger partial charge in [-0.25, -0.2) is 14.8 Å². The van der Waals surface area contributed by atoms with E-state index in [2.05, 4.69) is 20.6 Å². The molecule has 25 heavy (non-hydrogen) atoms. The molecule has 3 aromatic rings. The summed E-state index contributed by atoms with van der Waals surface area (Å²) in [6.45, 7) is 3.80. The first-order valence-electron chi connectivity index (χ1n) is 7.48. The zero-order valence-electron chi connectivity index (χ0n) is 13.7. The van der Waals surface area contributed by atoms with Crippen LogP contribution in [0.5, 0.6) is 5.88 Å². The molecule has 0 saturated carbocycles. The molecule has 3 aromatic heterocycles. The third-order valence-corrected chi connectivity index (χ3v) is 4.64. The molecule has 0 unspecified atom stereocenters. The Kier molecular flexibility index (Phi) is 4.94. The molecule has 0 aliphatic carbocycles. The number of fused-ring (bicyclic) bond motifs is 1. The van der Waals surface area contributed by atoms with Gasteiger partial charge >= 0.3 is 6.03 Å². The van der Waals surface area contributed by atoms with Gasteiger partial charge in [-0.1, -0.05) is 0 Å². The molecule has 3 heterocycles. The van der Waals surface area contributed by atoms with Crippen LogP contribution in [0, 0.1) is 13.8 Å². The Hall–Kier alpha value is -2.94. The van der Waals surface area contributed by atoms with Crippen LogP contribution in [0.1, 0.15) is 16.2 Å². The number of urea groups is 1. The fourth-order valence-corrected chi connectivity index (χ4v) is 3.17. The van der Waals surface area contributed by atoms with E-state index in [0.717, 1.165) is 20.7 Å². The van der Waals surface area contributed by atoms with Gasteiger partial charge in [-0.05, 0) is 31.5 Å². The summed E-state index contributed by atoms with van der Waals surface area (Å²) in [5, 5.41) is 5.49. The quantitative estimate of drug-likeness (QED) is 0.723. The highest BCUT2D eigenvalue weighted by atomic mass is 32.1. The lowest BCUT2D eigenvalue weighted by Gasteiger charge is -2.08. The van der Waals surface area contributed by atoms with Crippen molar-refractivity contribution in [3.05, 3.63) is 40.9 Å². The number of nitrogens with one attached hydrogen (secondary N) is 2. The molecule has 2 N–H and O–H groups in total. The number of rotatable bonds is 5. The molecule has 0 aliphatic rings. The molecule has 3 rings (SSSR count). The van der Waals surface area contributed by atoms with Crippen LogP contribution in [0.4, 0.5) is 4.79 Å². The summed E-state index contributed by atoms with van der Waals surface area (Å²) in [5.41, 5.74) is 1.02. The van der Waals surface area contributed by atoms with Gasteiger partial charge in [0.1, 0.15) is 16.9 Å². The van der Waals surface area contributed by atoms with E-state index in [-0.39, 0.29) is 13.2 Å². The first kappa shape index (κ1) is 16.9. The molecular weight excluding hydrogens is 344 g/mol. The Bertz CT molecular complexity index is 904. The number of carbonyl (C=O) groups is 2. The summed E-state index contributed by atoms with van der Waals surface area (Å²) in [6, 6.07) is 2.81. The van der Waals surface area contributed by atoms with E-state index < -0.39 is 11.9 Å². The number of hydrogen-bond donors (Lipinski definition) is 2. The van der Waals surface area contributed by atoms with Crippen LogP contribution in [0.2, 0.25) is 0 Å². The molecule has 3 amide bonds. The standard InChI is InChI=1S/C16H16N4O4S/c1-9-10(2)25-15-13(9)14(18-8-19-15)24-7-12(21)20-16(22)17-6-11-4-3-5-23-11/h3-5,8H,6-7H2,1-2H3,(H2,17,20,21,22). The average molecular weight is 360 g/mol. The highest BCUT2D eigenvalue weighted by Crippen LogP contribution is 2.33. The molecule has 0 spiro atoms. The van der Waals surface area contributed by atoms with Crippen LogP contribution in [-0.4, -0.2) is 28.5 Å². The summed E-state index contributed by atoms with van der Waals surface area (Å²) in [5.74, 6) is 0.344. The molecule has 0 fully saturated rings. The van der Waals surface area contributed by atoms with E-state index >= 15 is 0 Å². The minimum atomic E-state index is -0.625. The smallest absolute Gasteiger partial charge is 0.321 e. The maximum Gasteiger partial charge on any atom is 0.321 e. The zero-order valence-corrected chi connectivity index (χ0v) is 14.5. The van der Waals surface area contributed by atoms with E-state index in [9.17, 15) is 9.59 Å². The fourth-order valence-electron chi connectivity index (χ4n) is 2.18. The van der Waals surface area contributed by atoms with Crippen molar-refractivity contribution in [2.45, 2.75) is 20.4 Å². The van der Waals surface area contributed by atoms with Crippen LogP contribution in [0.15, 0.2) is 29.1 Å². The summed E-state index contributed by atoms with van der Waals surface area (Å²) in [6.07, 6.45) is 2.89. The van der Waals surface area contributed by atoms with Crippen molar-refractivity contribution >= 4 is 33.5 Å². The molecule has 0 radical (unpaired) electrons. The molecule has 0 saturated heterocycles. The van der Waals surface area contributed by atoms with Gasteiger partial charge in [0.2, 0.25) is 5.88 Å². The Morgan fingerprint density at radius 1 is 1.32 bits per heavy atom. The van der Waals surface area contributed by atoms with E-state index in [1.165, 1.54) is 23.9 Å². The highest BCUT2D eigenvalue weighted by molar-refractivity contribution is 7.18. The summed E-state index contributed by atoms with van der Waals surface area (Å²) in [7, 11) is 0. The number of nitrogens with zero attached hydrogens (tertiary/aromatic N) is 2. The van der Waals surface area contributed by atoms with Gasteiger partial charge < -0.3 is 14.5 Å². The van der Waals surface area contributed by atoms with Crippen molar-refractivity contribution in [1.82, 2.24) is 20.6 Å². The number of thiophene rings is 1. The van der Waals surface area contributed by atoms with Crippen molar-refractivity contribution in [3.8, 4) is 5.88 Å². The maximum absolute atomic E-state index is 11.9. The molecule has 9 heteroatoms. The van der Waals surface area contributed by atoms with Crippen molar-refractivity contribution in [3.63, 3.8) is 0 Å². The number of carbonyl (C=O) groups excluding carboxylic acids is 2. The minimum absolute atomic E-state index is 0.187. The molecule has 130 valence electrons. The van der Waals surface area contributed by atoms with Gasteiger partial charge in [0.25, 0.3) is 5.91 Å². The Morgan fingerprint density at radius 3 is 2.92 bits per heavy atom. The molecular formula is C16H16N4O4S. The highest BCUT2D eigenvalue weighted by Gasteiger charge is 2.15. The van der Waals surface area contributed by atoms with Crippen LogP contribution >= 0.6 is 11.3 Å². The first-order chi connectivity index (χ1) is 12.0. The second kappa shape index (κ2) is 7.31. The Labute approximate surface area is 147 Å². The van der Waals surface area contributed by atoms with Crippen molar-refractivity contribution < 1.29 is 18.7 Å². The van der Waals surface area contributed by atoms with Crippen LogP contribution in [0.25, 0.3) is 10.2 Å². The second-order valence-corrected chi connectivity index (χ2v) is 6.44. The summed E-state index contributed by atoms with van der Waals surface area (Å²) >= 11 is 1.54. The van der Waals surface area contributed by atoms with Gasteiger partial charge in [-0.15, -0.1) is 11.3 Å².